The van der Waals surface area contributed by atoms with Gasteiger partial charge in [0.25, 0.3) is 0 Å². The summed E-state index contributed by atoms with van der Waals surface area (Å²) in [6, 6.07) is 17.1. The number of aliphatic hydroxyl groups is 1. The number of fused-ring (bicyclic) bond motifs is 2. The van der Waals surface area contributed by atoms with Crippen molar-refractivity contribution in [1.29, 1.82) is 0 Å². The van der Waals surface area contributed by atoms with Gasteiger partial charge in [-0.15, -0.1) is 0 Å². The standard InChI is InChI=1S/C45H56N2O7/c46-27-53-38-21-29(11-15-35(38)49)10-13-32(48)23-36(50)33-14-12-30-22-31(20-28-8-2-1-3-9-28)40(33)34-24-37(51)42(52)43(41(30)34)54-39-25-45(18-6-7-19-45)47-26-44(39)16-4-5-17-44/h1-3,8-9,11-12,14-15,21,24,30-31,33,36,39-40,47,49-52H,4-7,10,13,16-20,22-23,25-27,46H2. The average molecular weight is 737 g/mol. The highest BCUT2D eigenvalue weighted by Gasteiger charge is 2.53. The molecule has 3 fully saturated rings. The van der Waals surface area contributed by atoms with Crippen LogP contribution >= 0.6 is 0 Å². The second-order valence-electron chi connectivity index (χ2n) is 17.0. The Balaban J connectivity index is 1.10. The molecule has 0 aromatic heterocycles. The molecule has 5 aliphatic carbocycles. The van der Waals surface area contributed by atoms with Crippen LogP contribution in [0.4, 0.5) is 0 Å². The van der Waals surface area contributed by atoms with E-state index in [1.807, 2.05) is 18.2 Å². The number of hydrogen-bond acceptors (Lipinski definition) is 9. The predicted octanol–water partition coefficient (Wildman–Crippen LogP) is 7.28. The molecule has 9 heteroatoms. The summed E-state index contributed by atoms with van der Waals surface area (Å²) in [6.07, 6.45) is 15.6. The molecule has 6 aliphatic rings. The summed E-state index contributed by atoms with van der Waals surface area (Å²) < 4.78 is 12.5. The normalized spacial score (nSPS) is 26.8. The van der Waals surface area contributed by atoms with Gasteiger partial charge in [-0.25, -0.2) is 0 Å². The van der Waals surface area contributed by atoms with Crippen molar-refractivity contribution in [2.24, 2.45) is 23.0 Å². The van der Waals surface area contributed by atoms with E-state index in [-0.39, 0.29) is 89.1 Å². The van der Waals surface area contributed by atoms with Crippen molar-refractivity contribution in [2.45, 2.75) is 119 Å². The Morgan fingerprint density at radius 2 is 1.69 bits per heavy atom. The monoisotopic (exact) mass is 736 g/mol. The largest absolute Gasteiger partial charge is 0.504 e. The Labute approximate surface area is 318 Å². The first kappa shape index (κ1) is 36.9. The van der Waals surface area contributed by atoms with E-state index >= 15 is 0 Å². The van der Waals surface area contributed by atoms with E-state index < -0.39 is 6.10 Å². The maximum Gasteiger partial charge on any atom is 0.200 e. The van der Waals surface area contributed by atoms with Crippen LogP contribution in [0.1, 0.15) is 111 Å². The van der Waals surface area contributed by atoms with Crippen LogP contribution in [0.3, 0.4) is 0 Å². The molecule has 288 valence electrons. The number of piperidine rings is 1. The first-order valence-electron chi connectivity index (χ1n) is 20.2. The lowest BCUT2D eigenvalue weighted by Crippen LogP contribution is -2.61. The topological polar surface area (TPSA) is 154 Å². The number of nitrogens with one attached hydrogen (secondary N) is 1. The van der Waals surface area contributed by atoms with Crippen molar-refractivity contribution in [1.82, 2.24) is 5.32 Å². The molecule has 0 amide bonds. The Morgan fingerprint density at radius 1 is 0.926 bits per heavy atom. The number of Topliss-reactive ketones (excluding diaryl/α,β-unsaturated/α-hetero) is 1. The maximum absolute atomic E-state index is 13.5. The van der Waals surface area contributed by atoms with Crippen LogP contribution in [0.15, 0.2) is 66.7 Å². The number of aliphatic hydroxyl groups excluding tert-OH is 1. The SMILES string of the molecule is NCOc1cc(CCC(=O)CC(O)C2C=CC3CC(Cc4ccccc4)C2c2cc(O)c(O)c(OC4CC5(CCCC5)NCC45CCCC5)c23)ccc1O. The molecule has 1 aliphatic heterocycles. The second kappa shape index (κ2) is 15.2. The van der Waals surface area contributed by atoms with Gasteiger partial charge in [-0.2, -0.15) is 0 Å². The van der Waals surface area contributed by atoms with Crippen LogP contribution in [0, 0.1) is 17.3 Å². The molecule has 54 heavy (non-hydrogen) atoms. The number of benzene rings is 3. The van der Waals surface area contributed by atoms with Gasteiger partial charge in [0.05, 0.1) is 6.10 Å². The maximum atomic E-state index is 13.5. The summed E-state index contributed by atoms with van der Waals surface area (Å²) >= 11 is 0. The number of aromatic hydroxyl groups is 3. The molecule has 9 nitrogen and oxygen atoms in total. The zero-order chi connectivity index (χ0) is 37.5. The van der Waals surface area contributed by atoms with Gasteiger partial charge >= 0.3 is 0 Å². The summed E-state index contributed by atoms with van der Waals surface area (Å²) in [4.78, 5) is 13.5. The van der Waals surface area contributed by atoms with Gasteiger partial charge < -0.3 is 35.2 Å². The van der Waals surface area contributed by atoms with Crippen molar-refractivity contribution < 1.29 is 34.7 Å². The summed E-state index contributed by atoms with van der Waals surface area (Å²) in [7, 11) is 0. The number of carbonyl (C=O) groups excluding carboxylic acids is 1. The van der Waals surface area contributed by atoms with Gasteiger partial charge in [-0.05, 0) is 91.7 Å². The van der Waals surface area contributed by atoms with Crippen LogP contribution in [-0.2, 0) is 17.6 Å². The third-order valence-electron chi connectivity index (χ3n) is 13.8. The molecule has 2 bridgehead atoms. The van der Waals surface area contributed by atoms with E-state index in [0.717, 1.165) is 68.2 Å². The fourth-order valence-corrected chi connectivity index (χ4v) is 11.0. The summed E-state index contributed by atoms with van der Waals surface area (Å²) in [5.41, 5.74) is 9.42. The summed E-state index contributed by atoms with van der Waals surface area (Å²) in [5, 5.41) is 49.1. The Morgan fingerprint density at radius 3 is 2.44 bits per heavy atom. The molecule has 6 unspecified atom stereocenters. The van der Waals surface area contributed by atoms with Gasteiger partial charge in [-0.1, -0.05) is 74.2 Å². The molecule has 9 rings (SSSR count). The van der Waals surface area contributed by atoms with Crippen molar-refractivity contribution in [3.8, 4) is 28.7 Å². The number of hydrogen-bond donors (Lipinski definition) is 6. The molecular formula is C45H56N2O7. The molecule has 1 heterocycles. The van der Waals surface area contributed by atoms with E-state index in [1.54, 1.807) is 18.2 Å². The lowest BCUT2D eigenvalue weighted by Gasteiger charge is -2.50. The Bertz CT molecular complexity index is 1850. The fourth-order valence-electron chi connectivity index (χ4n) is 11.0. The van der Waals surface area contributed by atoms with E-state index in [9.17, 15) is 25.2 Å². The highest BCUT2D eigenvalue weighted by Crippen LogP contribution is 2.59. The summed E-state index contributed by atoms with van der Waals surface area (Å²) in [5.74, 6) is -0.335. The van der Waals surface area contributed by atoms with Gasteiger partial charge in [0, 0.05) is 54.2 Å². The number of ketones is 1. The molecule has 2 spiro atoms. The lowest BCUT2D eigenvalue weighted by molar-refractivity contribution is -0.121. The molecule has 3 aromatic rings. The molecule has 1 saturated heterocycles. The van der Waals surface area contributed by atoms with Crippen molar-refractivity contribution in [3.63, 3.8) is 0 Å². The zero-order valence-corrected chi connectivity index (χ0v) is 31.2. The van der Waals surface area contributed by atoms with Gasteiger partial charge in [0.2, 0.25) is 5.75 Å². The third-order valence-corrected chi connectivity index (χ3v) is 13.8. The smallest absolute Gasteiger partial charge is 0.200 e. The zero-order valence-electron chi connectivity index (χ0n) is 31.2. The minimum atomic E-state index is -0.952. The van der Waals surface area contributed by atoms with E-state index in [2.05, 4.69) is 29.6 Å². The molecule has 0 radical (unpaired) electrons. The van der Waals surface area contributed by atoms with Crippen molar-refractivity contribution in [3.05, 3.63) is 89.0 Å². The van der Waals surface area contributed by atoms with E-state index in [4.69, 9.17) is 15.2 Å². The quantitative estimate of drug-likeness (QED) is 0.0640. The summed E-state index contributed by atoms with van der Waals surface area (Å²) in [6.45, 7) is 0.847. The average Bonchev–Trinajstić information content (AvgIpc) is 3.76. The predicted molar refractivity (Wildman–Crippen MR) is 207 cm³/mol. The Kier molecular flexibility index (Phi) is 10.4. The highest BCUT2D eigenvalue weighted by molar-refractivity contribution is 5.79. The lowest BCUT2D eigenvalue weighted by atomic mass is 9.65. The number of ether oxygens (including phenoxy) is 2. The molecule has 7 N–H and O–H groups in total. The number of phenols is 3. The Hall–Kier alpha value is -4.05. The molecule has 6 atom stereocenters. The van der Waals surface area contributed by atoms with Crippen LogP contribution in [-0.4, -0.2) is 57.2 Å². The van der Waals surface area contributed by atoms with Crippen LogP contribution in [0.5, 0.6) is 28.7 Å². The minimum absolute atomic E-state index is 0.00765. The number of carbonyl (C=O) groups is 1. The first-order valence-corrected chi connectivity index (χ1v) is 20.2. The van der Waals surface area contributed by atoms with Crippen molar-refractivity contribution in [2.75, 3.05) is 13.3 Å². The minimum Gasteiger partial charge on any atom is -0.504 e. The highest BCUT2D eigenvalue weighted by atomic mass is 16.5. The van der Waals surface area contributed by atoms with E-state index in [1.165, 1.54) is 37.3 Å². The molecule has 2 saturated carbocycles. The first-order chi connectivity index (χ1) is 26.2. The fraction of sp³-hybridized carbons (Fsp3) is 0.533. The number of phenolic OH excluding ortho intramolecular Hbond substituents is 3. The number of rotatable bonds is 12. The number of allylic oxidation sites excluding steroid dienone is 1. The van der Waals surface area contributed by atoms with Crippen LogP contribution in [0.25, 0.3) is 0 Å². The third kappa shape index (κ3) is 7.11. The molecular weight excluding hydrogens is 681 g/mol. The number of nitrogens with two attached hydrogens (primary N) is 1. The van der Waals surface area contributed by atoms with Gasteiger partial charge in [0.15, 0.2) is 23.0 Å². The van der Waals surface area contributed by atoms with Crippen LogP contribution < -0.4 is 20.5 Å². The molecule has 3 aromatic carbocycles. The van der Waals surface area contributed by atoms with Crippen molar-refractivity contribution >= 4 is 5.78 Å². The number of aryl methyl sites for hydroxylation is 1. The van der Waals surface area contributed by atoms with Crippen LogP contribution in [0.2, 0.25) is 0 Å². The van der Waals surface area contributed by atoms with Gasteiger partial charge in [0.1, 0.15) is 18.6 Å². The second-order valence-corrected chi connectivity index (χ2v) is 17.0. The van der Waals surface area contributed by atoms with Gasteiger partial charge in [-0.3, -0.25) is 10.5 Å². The van der Waals surface area contributed by atoms with E-state index in [0.29, 0.717) is 12.2 Å².